The van der Waals surface area contributed by atoms with E-state index in [1.165, 1.54) is 57.9 Å². The molecule has 0 atom stereocenters. The van der Waals surface area contributed by atoms with E-state index in [1.54, 1.807) is 0 Å². The van der Waals surface area contributed by atoms with Crippen LogP contribution in [0.5, 0.6) is 0 Å². The molecule has 6 heteroatoms. The van der Waals surface area contributed by atoms with E-state index in [0.717, 1.165) is 57.0 Å². The normalized spacial score (nSPS) is 16.1. The first-order valence-corrected chi connectivity index (χ1v) is 13.0. The Morgan fingerprint density at radius 2 is 1.49 bits per heavy atom. The van der Waals surface area contributed by atoms with Crippen molar-refractivity contribution >= 4 is 17.3 Å². The Bertz CT molecular complexity index is 1360. The van der Waals surface area contributed by atoms with Gasteiger partial charge in [-0.3, -0.25) is 0 Å². The van der Waals surface area contributed by atoms with Crippen molar-refractivity contribution in [2.75, 3.05) is 36.0 Å². The largest absolute Gasteiger partial charge is 0.368 e. The van der Waals surface area contributed by atoms with Crippen LogP contribution in [-0.2, 0) is 19.3 Å². The smallest absolute Gasteiger partial charge is 0.254 e. The number of nitrogens with zero attached hydrogens (tertiary/aromatic N) is 6. The van der Waals surface area contributed by atoms with E-state index < -0.39 is 0 Å². The molecular formula is C29H34N6. The second-order valence-electron chi connectivity index (χ2n) is 10.2. The van der Waals surface area contributed by atoms with Gasteiger partial charge in [0.2, 0.25) is 0 Å². The summed E-state index contributed by atoms with van der Waals surface area (Å²) in [6, 6.07) is 15.4. The van der Waals surface area contributed by atoms with Crippen LogP contribution in [0.25, 0.3) is 5.78 Å². The van der Waals surface area contributed by atoms with Crippen LogP contribution in [-0.4, -0.2) is 45.8 Å². The summed E-state index contributed by atoms with van der Waals surface area (Å²) >= 11 is 0. The molecule has 2 aromatic heterocycles. The van der Waals surface area contributed by atoms with Gasteiger partial charge >= 0.3 is 0 Å². The van der Waals surface area contributed by atoms with Gasteiger partial charge in [-0.15, -0.1) is 5.10 Å². The van der Waals surface area contributed by atoms with Crippen LogP contribution < -0.4 is 9.80 Å². The molecule has 1 aliphatic heterocycles. The van der Waals surface area contributed by atoms with E-state index in [9.17, 15) is 0 Å². The summed E-state index contributed by atoms with van der Waals surface area (Å²) in [5.74, 6) is 2.83. The molecule has 1 fully saturated rings. The summed E-state index contributed by atoms with van der Waals surface area (Å²) in [7, 11) is 0. The predicted molar refractivity (Wildman–Crippen MR) is 142 cm³/mol. The first kappa shape index (κ1) is 22.1. The fourth-order valence-electron chi connectivity index (χ4n) is 5.57. The topological polar surface area (TPSA) is 49.6 Å². The Labute approximate surface area is 207 Å². The average Bonchev–Trinajstić information content (AvgIpc) is 3.27. The lowest BCUT2D eigenvalue weighted by Crippen LogP contribution is -2.48. The lowest BCUT2D eigenvalue weighted by Gasteiger charge is -2.39. The van der Waals surface area contributed by atoms with Gasteiger partial charge in [-0.1, -0.05) is 42.0 Å². The van der Waals surface area contributed by atoms with Crippen LogP contribution >= 0.6 is 0 Å². The summed E-state index contributed by atoms with van der Waals surface area (Å²) in [6.45, 7) is 10.5. The predicted octanol–water partition coefficient (Wildman–Crippen LogP) is 4.85. The molecule has 2 aliphatic rings. The maximum Gasteiger partial charge on any atom is 0.254 e. The highest BCUT2D eigenvalue weighted by molar-refractivity contribution is 5.59. The van der Waals surface area contributed by atoms with Crippen molar-refractivity contribution < 1.29 is 0 Å². The molecule has 180 valence electrons. The lowest BCUT2D eigenvalue weighted by molar-refractivity contribution is 0.613. The van der Waals surface area contributed by atoms with E-state index in [1.807, 2.05) is 4.52 Å². The van der Waals surface area contributed by atoms with Gasteiger partial charge in [0.25, 0.3) is 5.78 Å². The second-order valence-corrected chi connectivity index (χ2v) is 10.2. The van der Waals surface area contributed by atoms with Crippen LogP contribution in [0.3, 0.4) is 0 Å². The summed E-state index contributed by atoms with van der Waals surface area (Å²) in [4.78, 5) is 14.9. The van der Waals surface area contributed by atoms with E-state index in [0.29, 0.717) is 0 Å². The number of aryl methyl sites for hydroxylation is 4. The molecule has 0 bridgehead atoms. The van der Waals surface area contributed by atoms with Crippen molar-refractivity contribution in [3.8, 4) is 0 Å². The molecule has 35 heavy (non-hydrogen) atoms. The molecule has 3 heterocycles. The number of piperazine rings is 1. The molecular weight excluding hydrogens is 432 g/mol. The second kappa shape index (κ2) is 8.99. The highest BCUT2D eigenvalue weighted by Crippen LogP contribution is 2.32. The number of hydrogen-bond donors (Lipinski definition) is 0. The lowest BCUT2D eigenvalue weighted by atomic mass is 9.96. The molecule has 0 amide bonds. The number of anilines is 2. The molecule has 4 aromatic rings. The van der Waals surface area contributed by atoms with Crippen molar-refractivity contribution in [3.63, 3.8) is 0 Å². The zero-order valence-electron chi connectivity index (χ0n) is 21.1. The van der Waals surface area contributed by atoms with Gasteiger partial charge in [0.1, 0.15) is 5.82 Å². The molecule has 0 N–H and O–H groups in total. The van der Waals surface area contributed by atoms with E-state index in [4.69, 9.17) is 15.1 Å². The molecule has 2 aromatic carbocycles. The number of hydrogen-bond acceptors (Lipinski definition) is 5. The minimum atomic E-state index is 0.730. The molecule has 0 saturated carbocycles. The van der Waals surface area contributed by atoms with Crippen molar-refractivity contribution in [3.05, 3.63) is 81.8 Å². The average molecular weight is 467 g/mol. The van der Waals surface area contributed by atoms with E-state index >= 15 is 0 Å². The molecule has 0 spiro atoms. The van der Waals surface area contributed by atoms with Crippen LogP contribution in [0, 0.1) is 20.8 Å². The summed E-state index contributed by atoms with van der Waals surface area (Å²) < 4.78 is 2.04. The van der Waals surface area contributed by atoms with Crippen molar-refractivity contribution in [1.82, 2.24) is 19.6 Å². The monoisotopic (exact) mass is 466 g/mol. The van der Waals surface area contributed by atoms with Crippen LogP contribution in [0.2, 0.25) is 0 Å². The number of aromatic nitrogens is 4. The first-order valence-electron chi connectivity index (χ1n) is 13.0. The quantitative estimate of drug-likeness (QED) is 0.431. The Morgan fingerprint density at radius 3 is 2.29 bits per heavy atom. The number of benzene rings is 2. The van der Waals surface area contributed by atoms with Gasteiger partial charge in [-0.05, 0) is 69.2 Å². The van der Waals surface area contributed by atoms with Gasteiger partial charge in [-0.25, -0.2) is 4.98 Å². The summed E-state index contributed by atoms with van der Waals surface area (Å²) in [5.41, 5.74) is 9.16. The zero-order chi connectivity index (χ0) is 23.9. The Morgan fingerprint density at radius 1 is 0.771 bits per heavy atom. The molecule has 1 aliphatic carbocycles. The first-order chi connectivity index (χ1) is 17.0. The summed E-state index contributed by atoms with van der Waals surface area (Å²) in [5, 5.41) is 5.00. The van der Waals surface area contributed by atoms with Gasteiger partial charge in [0, 0.05) is 43.9 Å². The summed E-state index contributed by atoms with van der Waals surface area (Å²) in [6.07, 6.45) is 5.29. The molecule has 0 unspecified atom stereocenters. The van der Waals surface area contributed by atoms with Gasteiger partial charge < -0.3 is 9.80 Å². The highest BCUT2D eigenvalue weighted by Gasteiger charge is 2.27. The maximum atomic E-state index is 5.00. The third-order valence-electron chi connectivity index (χ3n) is 7.55. The third kappa shape index (κ3) is 4.26. The van der Waals surface area contributed by atoms with Crippen molar-refractivity contribution in [2.45, 2.75) is 52.9 Å². The standard InChI is InChI=1S/C29H34N6/c1-20-9-12-23(13-10-20)19-27-31-29-30-25-7-5-4-6-24(25)28(35(29)32-27)34-16-14-33(15-17-34)26-18-21(2)8-11-22(26)3/h8-13,18H,4-7,14-17,19H2,1-3H3. The Hall–Kier alpha value is -3.41. The highest BCUT2D eigenvalue weighted by atomic mass is 15.4. The van der Waals surface area contributed by atoms with Gasteiger partial charge in [0.05, 0.1) is 5.69 Å². The third-order valence-corrected chi connectivity index (χ3v) is 7.55. The van der Waals surface area contributed by atoms with Crippen LogP contribution in [0.1, 0.15) is 52.2 Å². The number of fused-ring (bicyclic) bond motifs is 2. The number of rotatable bonds is 4. The van der Waals surface area contributed by atoms with E-state index in [2.05, 4.69) is 73.0 Å². The van der Waals surface area contributed by atoms with Crippen molar-refractivity contribution in [1.29, 1.82) is 0 Å². The molecule has 6 rings (SSSR count). The minimum absolute atomic E-state index is 0.730. The van der Waals surface area contributed by atoms with Crippen LogP contribution in [0.4, 0.5) is 11.5 Å². The van der Waals surface area contributed by atoms with E-state index in [-0.39, 0.29) is 0 Å². The Kier molecular flexibility index (Phi) is 5.67. The van der Waals surface area contributed by atoms with Crippen molar-refractivity contribution in [2.24, 2.45) is 0 Å². The fraction of sp³-hybridized carbons (Fsp3) is 0.414. The van der Waals surface area contributed by atoms with Crippen LogP contribution in [0.15, 0.2) is 42.5 Å². The van der Waals surface area contributed by atoms with Gasteiger partial charge in [-0.2, -0.15) is 9.50 Å². The molecule has 1 saturated heterocycles. The fourth-order valence-corrected chi connectivity index (χ4v) is 5.57. The Balaban J connectivity index is 1.33. The molecule has 6 nitrogen and oxygen atoms in total. The molecule has 0 radical (unpaired) electrons. The maximum absolute atomic E-state index is 5.00. The van der Waals surface area contributed by atoms with Gasteiger partial charge in [0.15, 0.2) is 5.82 Å². The zero-order valence-corrected chi connectivity index (χ0v) is 21.1. The minimum Gasteiger partial charge on any atom is -0.368 e. The SMILES string of the molecule is Cc1ccc(Cc2nc3nc4c(c(N5CCN(c6cc(C)ccc6C)CC5)n3n2)CCCC4)cc1.